The molecule has 5 heteroatoms. The van der Waals surface area contributed by atoms with Crippen LogP contribution in [0, 0.1) is 5.92 Å². The first kappa shape index (κ1) is 18.5. The fourth-order valence-electron chi connectivity index (χ4n) is 2.96. The molecule has 1 unspecified atom stereocenters. The number of thioether (sulfide) groups is 1. The van der Waals surface area contributed by atoms with Gasteiger partial charge >= 0.3 is 0 Å². The van der Waals surface area contributed by atoms with Gasteiger partial charge in [-0.2, -0.15) is 0 Å². The Kier molecular flexibility index (Phi) is 5.87. The van der Waals surface area contributed by atoms with E-state index in [0.29, 0.717) is 11.7 Å². The lowest BCUT2D eigenvalue weighted by Crippen LogP contribution is -2.42. The Morgan fingerprint density at radius 2 is 2.04 bits per heavy atom. The average Bonchev–Trinajstić information content (AvgIpc) is 3.29. The number of nitrogens with one attached hydrogen (secondary N) is 1. The van der Waals surface area contributed by atoms with E-state index in [1.165, 1.54) is 4.90 Å². The smallest absolute Gasteiger partial charge is 0.224 e. The number of hydrogen-bond donors (Lipinski definition) is 2. The molecule has 1 amide bonds. The van der Waals surface area contributed by atoms with Crippen molar-refractivity contribution < 1.29 is 9.90 Å². The summed E-state index contributed by atoms with van der Waals surface area (Å²) in [5, 5.41) is 16.5. The molecule has 3 rings (SSSR count). The van der Waals surface area contributed by atoms with Gasteiger partial charge in [0.15, 0.2) is 0 Å². The molecule has 1 aromatic heterocycles. The standard InChI is InChI=1S/C20H25NO2S2/c1-14(2)25-17-9-5-15(6-10-17)12-19(22)21-13-20(23,16-7-8-16)18-4-3-11-24-18/h3-6,9-11,14,16,23H,7-8,12-13H2,1-2H3,(H,21,22). The average molecular weight is 376 g/mol. The van der Waals surface area contributed by atoms with Crippen LogP contribution in [0.1, 0.15) is 37.1 Å². The summed E-state index contributed by atoms with van der Waals surface area (Å²) in [4.78, 5) is 14.5. The van der Waals surface area contributed by atoms with Gasteiger partial charge in [0.25, 0.3) is 0 Å². The molecule has 0 spiro atoms. The van der Waals surface area contributed by atoms with Crippen LogP contribution in [0.4, 0.5) is 0 Å². The van der Waals surface area contributed by atoms with Gasteiger partial charge in [-0.1, -0.05) is 32.0 Å². The fourth-order valence-corrected chi connectivity index (χ4v) is 4.70. The SMILES string of the molecule is CC(C)Sc1ccc(CC(=O)NCC(O)(c2cccs2)C2CC2)cc1. The van der Waals surface area contributed by atoms with E-state index in [4.69, 9.17) is 0 Å². The summed E-state index contributed by atoms with van der Waals surface area (Å²) in [5.41, 5.74) is 0.0818. The zero-order valence-corrected chi connectivity index (χ0v) is 16.3. The number of thiophene rings is 1. The van der Waals surface area contributed by atoms with E-state index in [1.807, 2.05) is 41.4 Å². The van der Waals surface area contributed by atoms with Crippen LogP contribution < -0.4 is 5.32 Å². The Labute approximate surface area is 157 Å². The van der Waals surface area contributed by atoms with Gasteiger partial charge in [-0.3, -0.25) is 4.79 Å². The summed E-state index contributed by atoms with van der Waals surface area (Å²) in [5.74, 6) is 0.221. The van der Waals surface area contributed by atoms with Crippen LogP contribution in [0.15, 0.2) is 46.7 Å². The van der Waals surface area contributed by atoms with E-state index >= 15 is 0 Å². The lowest BCUT2D eigenvalue weighted by atomic mass is 9.95. The second kappa shape index (κ2) is 7.94. The van der Waals surface area contributed by atoms with Gasteiger partial charge in [-0.05, 0) is 47.9 Å². The molecule has 1 aliphatic rings. The third-order valence-electron chi connectivity index (χ3n) is 4.42. The summed E-state index contributed by atoms with van der Waals surface area (Å²) in [6, 6.07) is 12.1. The van der Waals surface area contributed by atoms with E-state index in [2.05, 4.69) is 31.3 Å². The minimum Gasteiger partial charge on any atom is -0.382 e. The maximum atomic E-state index is 12.3. The maximum absolute atomic E-state index is 12.3. The van der Waals surface area contributed by atoms with Crippen molar-refractivity contribution in [1.29, 1.82) is 0 Å². The van der Waals surface area contributed by atoms with Gasteiger partial charge in [-0.25, -0.2) is 0 Å². The first-order valence-electron chi connectivity index (χ1n) is 8.76. The highest BCUT2D eigenvalue weighted by atomic mass is 32.2. The maximum Gasteiger partial charge on any atom is 0.224 e. The molecule has 1 heterocycles. The lowest BCUT2D eigenvalue weighted by Gasteiger charge is -2.27. The van der Waals surface area contributed by atoms with Crippen molar-refractivity contribution in [3.8, 4) is 0 Å². The van der Waals surface area contributed by atoms with Crippen LogP contribution in [-0.4, -0.2) is 22.8 Å². The first-order valence-corrected chi connectivity index (χ1v) is 10.5. The van der Waals surface area contributed by atoms with E-state index in [-0.39, 0.29) is 18.4 Å². The third-order valence-corrected chi connectivity index (χ3v) is 6.47. The second-order valence-electron chi connectivity index (χ2n) is 6.94. The topological polar surface area (TPSA) is 49.3 Å². The monoisotopic (exact) mass is 375 g/mol. The van der Waals surface area contributed by atoms with Crippen molar-refractivity contribution in [3.63, 3.8) is 0 Å². The Bertz CT molecular complexity index is 693. The molecule has 1 aromatic carbocycles. The third kappa shape index (κ3) is 4.87. The minimum atomic E-state index is -0.915. The second-order valence-corrected chi connectivity index (χ2v) is 9.54. The van der Waals surface area contributed by atoms with Crippen LogP contribution in [-0.2, 0) is 16.8 Å². The van der Waals surface area contributed by atoms with Crippen molar-refractivity contribution in [3.05, 3.63) is 52.2 Å². The number of rotatable bonds is 8. The fraction of sp³-hybridized carbons (Fsp3) is 0.450. The summed E-state index contributed by atoms with van der Waals surface area (Å²) in [7, 11) is 0. The molecule has 2 aromatic rings. The van der Waals surface area contributed by atoms with Crippen molar-refractivity contribution in [2.24, 2.45) is 5.92 Å². The number of carbonyl (C=O) groups is 1. The molecule has 1 aliphatic carbocycles. The van der Waals surface area contributed by atoms with Gasteiger partial charge in [-0.15, -0.1) is 23.1 Å². The predicted molar refractivity (Wildman–Crippen MR) is 105 cm³/mol. The minimum absolute atomic E-state index is 0.0418. The Morgan fingerprint density at radius 3 is 2.60 bits per heavy atom. The van der Waals surface area contributed by atoms with E-state index < -0.39 is 5.60 Å². The Balaban J connectivity index is 1.55. The van der Waals surface area contributed by atoms with E-state index in [0.717, 1.165) is 23.3 Å². The Morgan fingerprint density at radius 1 is 1.32 bits per heavy atom. The molecule has 2 N–H and O–H groups in total. The largest absolute Gasteiger partial charge is 0.382 e. The molecule has 0 saturated heterocycles. The molecular formula is C20H25NO2S2. The molecule has 1 saturated carbocycles. The molecule has 25 heavy (non-hydrogen) atoms. The van der Waals surface area contributed by atoms with Crippen LogP contribution in [0.3, 0.4) is 0 Å². The number of carbonyl (C=O) groups excluding carboxylic acids is 1. The van der Waals surface area contributed by atoms with Crippen LogP contribution in [0.25, 0.3) is 0 Å². The molecule has 0 radical (unpaired) electrons. The van der Waals surface area contributed by atoms with Crippen molar-refractivity contribution in [2.45, 2.75) is 48.9 Å². The van der Waals surface area contributed by atoms with E-state index in [1.54, 1.807) is 11.3 Å². The van der Waals surface area contributed by atoms with Crippen LogP contribution in [0.2, 0.25) is 0 Å². The van der Waals surface area contributed by atoms with Crippen LogP contribution >= 0.6 is 23.1 Å². The highest BCUT2D eigenvalue weighted by Gasteiger charge is 2.45. The zero-order valence-electron chi connectivity index (χ0n) is 14.7. The lowest BCUT2D eigenvalue weighted by molar-refractivity contribution is -0.122. The molecule has 3 nitrogen and oxygen atoms in total. The quantitative estimate of drug-likeness (QED) is 0.680. The van der Waals surface area contributed by atoms with Gasteiger partial charge in [0.05, 0.1) is 13.0 Å². The normalized spacial score (nSPS) is 16.6. The number of hydrogen-bond acceptors (Lipinski definition) is 4. The highest BCUT2D eigenvalue weighted by Crippen LogP contribution is 2.46. The predicted octanol–water partition coefficient (Wildman–Crippen LogP) is 4.21. The van der Waals surface area contributed by atoms with E-state index in [9.17, 15) is 9.90 Å². The van der Waals surface area contributed by atoms with Gasteiger partial charge < -0.3 is 10.4 Å². The molecule has 0 aliphatic heterocycles. The van der Waals surface area contributed by atoms with Gasteiger partial charge in [0, 0.05) is 15.0 Å². The number of aliphatic hydroxyl groups is 1. The number of amides is 1. The van der Waals surface area contributed by atoms with Crippen LogP contribution in [0.5, 0.6) is 0 Å². The first-order chi connectivity index (χ1) is 12.0. The van der Waals surface area contributed by atoms with Crippen molar-refractivity contribution in [1.82, 2.24) is 5.32 Å². The van der Waals surface area contributed by atoms with Gasteiger partial charge in [0.1, 0.15) is 5.60 Å². The Hall–Kier alpha value is -1.30. The number of benzene rings is 1. The van der Waals surface area contributed by atoms with Crippen molar-refractivity contribution >= 4 is 29.0 Å². The zero-order chi connectivity index (χ0) is 17.9. The van der Waals surface area contributed by atoms with Crippen molar-refractivity contribution in [2.75, 3.05) is 6.54 Å². The molecule has 1 fully saturated rings. The summed E-state index contributed by atoms with van der Waals surface area (Å²) < 4.78 is 0. The molecule has 1 atom stereocenters. The molecular weight excluding hydrogens is 350 g/mol. The van der Waals surface area contributed by atoms with Gasteiger partial charge in [0.2, 0.25) is 5.91 Å². The summed E-state index contributed by atoms with van der Waals surface area (Å²) >= 11 is 3.37. The molecule has 134 valence electrons. The summed E-state index contributed by atoms with van der Waals surface area (Å²) in [6.07, 6.45) is 2.40. The molecule has 0 bridgehead atoms. The highest BCUT2D eigenvalue weighted by molar-refractivity contribution is 7.99. The summed E-state index contributed by atoms with van der Waals surface area (Å²) in [6.45, 7) is 4.62.